The van der Waals surface area contributed by atoms with Gasteiger partial charge in [-0.15, -0.1) is 0 Å². The average Bonchev–Trinajstić information content (AvgIpc) is 3.59. The highest BCUT2D eigenvalue weighted by molar-refractivity contribution is 5.70. The van der Waals surface area contributed by atoms with Gasteiger partial charge in [0.25, 0.3) is 0 Å². The van der Waals surface area contributed by atoms with Crippen LogP contribution in [0.25, 0.3) is 22.3 Å². The standard InChI is InChI=1S/C36H42N4/c1-25-9-5-10-26(2)35(25)29-15-17-31(37-21-29)23-39-19-7-13-33(39)34-14-8-20-40(34)24-32-18-16-30(22-38-32)36-27(3)11-6-12-28(36)4/h5-6,9-12,15-18,21-22,33-34H,7-8,13-14,19-20,23-24H2,1-4H3/t33-,34-/m0/s1. The van der Waals surface area contributed by atoms with Gasteiger partial charge in [0.15, 0.2) is 0 Å². The smallest absolute Gasteiger partial charge is 0.0544 e. The Labute approximate surface area is 240 Å². The molecule has 2 saturated heterocycles. The zero-order valence-electron chi connectivity index (χ0n) is 24.5. The molecule has 0 bridgehead atoms. The average molecular weight is 531 g/mol. The molecule has 2 fully saturated rings. The van der Waals surface area contributed by atoms with Crippen molar-refractivity contribution in [2.75, 3.05) is 13.1 Å². The van der Waals surface area contributed by atoms with Gasteiger partial charge in [0, 0.05) is 48.7 Å². The van der Waals surface area contributed by atoms with Gasteiger partial charge in [-0.2, -0.15) is 0 Å². The molecular weight excluding hydrogens is 488 g/mol. The van der Waals surface area contributed by atoms with Gasteiger partial charge in [0.1, 0.15) is 0 Å². The number of nitrogens with zero attached hydrogens (tertiary/aromatic N) is 4. The summed E-state index contributed by atoms with van der Waals surface area (Å²) in [6.45, 7) is 13.0. The first-order chi connectivity index (χ1) is 19.5. The first-order valence-corrected chi connectivity index (χ1v) is 15.0. The number of benzene rings is 2. The van der Waals surface area contributed by atoms with E-state index < -0.39 is 0 Å². The Bertz CT molecular complexity index is 1300. The van der Waals surface area contributed by atoms with Gasteiger partial charge >= 0.3 is 0 Å². The van der Waals surface area contributed by atoms with Crippen molar-refractivity contribution in [2.24, 2.45) is 0 Å². The molecule has 4 aromatic rings. The van der Waals surface area contributed by atoms with Gasteiger partial charge in [0.05, 0.1) is 11.4 Å². The monoisotopic (exact) mass is 530 g/mol. The molecule has 2 aliphatic rings. The van der Waals surface area contributed by atoms with E-state index in [1.165, 1.54) is 81.6 Å². The van der Waals surface area contributed by atoms with Gasteiger partial charge in [-0.25, -0.2) is 0 Å². The summed E-state index contributed by atoms with van der Waals surface area (Å²) in [7, 11) is 0. The summed E-state index contributed by atoms with van der Waals surface area (Å²) < 4.78 is 0. The highest BCUT2D eigenvalue weighted by Crippen LogP contribution is 2.33. The van der Waals surface area contributed by atoms with E-state index in [9.17, 15) is 0 Å². The number of hydrogen-bond acceptors (Lipinski definition) is 4. The summed E-state index contributed by atoms with van der Waals surface area (Å²) in [5.74, 6) is 0. The zero-order valence-corrected chi connectivity index (χ0v) is 24.5. The van der Waals surface area contributed by atoms with Crippen molar-refractivity contribution in [3.63, 3.8) is 0 Å². The summed E-state index contributed by atoms with van der Waals surface area (Å²) in [6, 6.07) is 23.2. The molecule has 2 aromatic heterocycles. The molecule has 0 unspecified atom stereocenters. The van der Waals surface area contributed by atoms with Gasteiger partial charge in [-0.05, 0) is 112 Å². The maximum absolute atomic E-state index is 4.93. The number of aryl methyl sites for hydroxylation is 4. The van der Waals surface area contributed by atoms with Crippen LogP contribution in [-0.4, -0.2) is 44.9 Å². The van der Waals surface area contributed by atoms with Crippen molar-refractivity contribution < 1.29 is 0 Å². The number of pyridine rings is 2. The van der Waals surface area contributed by atoms with Crippen LogP contribution in [0.2, 0.25) is 0 Å². The fraction of sp³-hybridized carbons (Fsp3) is 0.389. The summed E-state index contributed by atoms with van der Waals surface area (Å²) in [5, 5.41) is 0. The minimum Gasteiger partial charge on any atom is -0.293 e. The van der Waals surface area contributed by atoms with Gasteiger partial charge in [-0.1, -0.05) is 48.5 Å². The van der Waals surface area contributed by atoms with Crippen molar-refractivity contribution in [1.29, 1.82) is 0 Å². The molecule has 0 N–H and O–H groups in total. The number of rotatable bonds is 7. The lowest BCUT2D eigenvalue weighted by Crippen LogP contribution is -2.45. The third-order valence-electron chi connectivity index (χ3n) is 9.19. The van der Waals surface area contributed by atoms with Crippen molar-refractivity contribution in [2.45, 2.75) is 78.6 Å². The highest BCUT2D eigenvalue weighted by Gasteiger charge is 2.37. The molecule has 40 heavy (non-hydrogen) atoms. The predicted molar refractivity (Wildman–Crippen MR) is 165 cm³/mol. The Morgan fingerprint density at radius 1 is 0.575 bits per heavy atom. The highest BCUT2D eigenvalue weighted by atomic mass is 15.3. The van der Waals surface area contributed by atoms with Crippen LogP contribution in [0.15, 0.2) is 73.1 Å². The normalized spacial score (nSPS) is 19.9. The molecule has 2 aliphatic heterocycles. The molecule has 0 saturated carbocycles. The molecule has 2 aromatic carbocycles. The summed E-state index contributed by atoms with van der Waals surface area (Å²) >= 11 is 0. The second kappa shape index (κ2) is 11.6. The molecule has 4 nitrogen and oxygen atoms in total. The number of aromatic nitrogens is 2. The Morgan fingerprint density at radius 3 is 1.32 bits per heavy atom. The fourth-order valence-electron chi connectivity index (χ4n) is 7.26. The summed E-state index contributed by atoms with van der Waals surface area (Å²) in [6.07, 6.45) is 9.26. The van der Waals surface area contributed by atoms with E-state index in [4.69, 9.17) is 9.97 Å². The molecule has 0 spiro atoms. The van der Waals surface area contributed by atoms with Crippen LogP contribution >= 0.6 is 0 Å². The van der Waals surface area contributed by atoms with Crippen LogP contribution in [0.5, 0.6) is 0 Å². The maximum Gasteiger partial charge on any atom is 0.0544 e. The van der Waals surface area contributed by atoms with E-state index in [0.717, 1.165) is 26.2 Å². The van der Waals surface area contributed by atoms with E-state index in [1.54, 1.807) is 0 Å². The summed E-state index contributed by atoms with van der Waals surface area (Å²) in [4.78, 5) is 15.2. The first-order valence-electron chi connectivity index (χ1n) is 15.0. The molecule has 206 valence electrons. The SMILES string of the molecule is Cc1cccc(C)c1-c1ccc(CN2CCC[C@H]2[C@@H]2CCCN2Cc2ccc(-c3c(C)cccc3C)cn2)nc1. The van der Waals surface area contributed by atoms with Crippen molar-refractivity contribution >= 4 is 0 Å². The lowest BCUT2D eigenvalue weighted by molar-refractivity contribution is 0.122. The minimum absolute atomic E-state index is 0.594. The van der Waals surface area contributed by atoms with Crippen LogP contribution < -0.4 is 0 Å². The van der Waals surface area contributed by atoms with Crippen molar-refractivity contribution in [3.05, 3.63) is 107 Å². The van der Waals surface area contributed by atoms with Crippen molar-refractivity contribution in [3.8, 4) is 22.3 Å². The molecule has 2 atom stereocenters. The van der Waals surface area contributed by atoms with E-state index in [2.05, 4.69) is 111 Å². The first kappa shape index (κ1) is 26.9. The summed E-state index contributed by atoms with van der Waals surface area (Å²) in [5.41, 5.74) is 12.7. The topological polar surface area (TPSA) is 32.3 Å². The maximum atomic E-state index is 4.93. The van der Waals surface area contributed by atoms with Gasteiger partial charge < -0.3 is 0 Å². The third kappa shape index (κ3) is 5.48. The second-order valence-corrected chi connectivity index (χ2v) is 12.0. The quantitative estimate of drug-likeness (QED) is 0.245. The van der Waals surface area contributed by atoms with Crippen LogP contribution in [0.4, 0.5) is 0 Å². The molecule has 4 heteroatoms. The molecule has 0 amide bonds. The lowest BCUT2D eigenvalue weighted by Gasteiger charge is -2.35. The lowest BCUT2D eigenvalue weighted by atomic mass is 9.97. The number of hydrogen-bond donors (Lipinski definition) is 0. The molecule has 0 aliphatic carbocycles. The van der Waals surface area contributed by atoms with Gasteiger partial charge in [-0.3, -0.25) is 19.8 Å². The second-order valence-electron chi connectivity index (χ2n) is 12.0. The predicted octanol–water partition coefficient (Wildman–Crippen LogP) is 7.67. The Morgan fingerprint density at radius 2 is 0.975 bits per heavy atom. The minimum atomic E-state index is 0.594. The molecular formula is C36H42N4. The van der Waals surface area contributed by atoms with Gasteiger partial charge in [0.2, 0.25) is 0 Å². The van der Waals surface area contributed by atoms with E-state index >= 15 is 0 Å². The molecule has 4 heterocycles. The van der Waals surface area contributed by atoms with Crippen LogP contribution in [0.3, 0.4) is 0 Å². The fourth-order valence-corrected chi connectivity index (χ4v) is 7.26. The molecule has 6 rings (SSSR count). The van der Waals surface area contributed by atoms with E-state index in [-0.39, 0.29) is 0 Å². The third-order valence-corrected chi connectivity index (χ3v) is 9.19. The Kier molecular flexibility index (Phi) is 7.82. The van der Waals surface area contributed by atoms with Crippen LogP contribution in [-0.2, 0) is 13.1 Å². The van der Waals surface area contributed by atoms with E-state index in [0.29, 0.717) is 12.1 Å². The zero-order chi connectivity index (χ0) is 27.6. The van der Waals surface area contributed by atoms with Crippen LogP contribution in [0.1, 0.15) is 59.3 Å². The Balaban J connectivity index is 1.13. The largest absolute Gasteiger partial charge is 0.293 e. The Hall–Kier alpha value is -3.34. The number of likely N-dealkylation sites (tertiary alicyclic amines) is 2. The van der Waals surface area contributed by atoms with E-state index in [1.807, 2.05) is 0 Å². The molecule has 0 radical (unpaired) electrons. The van der Waals surface area contributed by atoms with Crippen LogP contribution in [0, 0.1) is 27.7 Å². The van der Waals surface area contributed by atoms with Crippen molar-refractivity contribution in [1.82, 2.24) is 19.8 Å².